The van der Waals surface area contributed by atoms with Crippen LogP contribution in [0.2, 0.25) is 0 Å². The third kappa shape index (κ3) is 2.88. The molecule has 3 aromatic rings. The van der Waals surface area contributed by atoms with E-state index >= 15 is 0 Å². The summed E-state index contributed by atoms with van der Waals surface area (Å²) in [6.45, 7) is 1.82. The van der Waals surface area contributed by atoms with E-state index < -0.39 is 5.82 Å². The van der Waals surface area contributed by atoms with Gasteiger partial charge in [-0.25, -0.2) is 9.07 Å². The van der Waals surface area contributed by atoms with Gasteiger partial charge in [0, 0.05) is 5.69 Å². The Kier molecular flexibility index (Phi) is 3.70. The maximum absolute atomic E-state index is 13.2. The lowest BCUT2D eigenvalue weighted by Gasteiger charge is -2.08. The lowest BCUT2D eigenvalue weighted by molar-refractivity contribution is 0.101. The average molecular weight is 295 g/mol. The second-order valence-corrected chi connectivity index (χ2v) is 4.88. The van der Waals surface area contributed by atoms with Crippen molar-refractivity contribution in [3.63, 3.8) is 0 Å². The van der Waals surface area contributed by atoms with Gasteiger partial charge in [-0.1, -0.05) is 24.3 Å². The summed E-state index contributed by atoms with van der Waals surface area (Å²) in [6.07, 6.45) is 0. The molecule has 0 aliphatic rings. The van der Waals surface area contributed by atoms with Crippen molar-refractivity contribution in [1.29, 1.82) is 0 Å². The van der Waals surface area contributed by atoms with E-state index in [0.29, 0.717) is 11.4 Å². The van der Waals surface area contributed by atoms with Crippen molar-refractivity contribution in [2.45, 2.75) is 6.92 Å². The predicted octanol–water partition coefficient (Wildman–Crippen LogP) is 3.57. The molecule has 1 amide bonds. The maximum Gasteiger partial charge on any atom is 0.274 e. The van der Waals surface area contributed by atoms with Crippen molar-refractivity contribution in [2.24, 2.45) is 0 Å². The Balaban J connectivity index is 1.93. The van der Waals surface area contributed by atoms with Crippen LogP contribution in [-0.4, -0.2) is 15.7 Å². The number of carbonyl (C=O) groups is 1. The number of para-hydroxylation sites is 1. The second kappa shape index (κ2) is 5.81. The van der Waals surface area contributed by atoms with Gasteiger partial charge in [0.25, 0.3) is 5.91 Å². The summed E-state index contributed by atoms with van der Waals surface area (Å²) in [7, 11) is 0. The topological polar surface area (TPSA) is 46.9 Å². The summed E-state index contributed by atoms with van der Waals surface area (Å²) in [5.41, 5.74) is 2.32. The van der Waals surface area contributed by atoms with Crippen molar-refractivity contribution in [3.05, 3.63) is 77.9 Å². The summed E-state index contributed by atoms with van der Waals surface area (Å²) in [6, 6.07) is 16.9. The molecular weight excluding hydrogens is 281 g/mol. The zero-order valence-electron chi connectivity index (χ0n) is 12.0. The van der Waals surface area contributed by atoms with Gasteiger partial charge in [0.1, 0.15) is 11.5 Å². The number of nitrogens with one attached hydrogen (secondary N) is 1. The van der Waals surface area contributed by atoms with E-state index in [0.717, 1.165) is 11.4 Å². The third-order valence-electron chi connectivity index (χ3n) is 3.15. The van der Waals surface area contributed by atoms with Crippen molar-refractivity contribution < 1.29 is 9.18 Å². The smallest absolute Gasteiger partial charge is 0.274 e. The largest absolute Gasteiger partial charge is 0.321 e. The van der Waals surface area contributed by atoms with Crippen LogP contribution < -0.4 is 5.32 Å². The first-order valence-electron chi connectivity index (χ1n) is 6.82. The number of carbonyl (C=O) groups excluding carboxylic acids is 1. The van der Waals surface area contributed by atoms with E-state index in [2.05, 4.69) is 10.4 Å². The summed E-state index contributed by atoms with van der Waals surface area (Å²) in [4.78, 5) is 12.4. The lowest BCUT2D eigenvalue weighted by Crippen LogP contribution is -2.17. The highest BCUT2D eigenvalue weighted by atomic mass is 19.1. The van der Waals surface area contributed by atoms with Crippen molar-refractivity contribution in [3.8, 4) is 5.69 Å². The first kappa shape index (κ1) is 14.0. The standard InChI is InChI=1S/C17H14FN3O/c1-12-10-16(21(20-12)15-8-3-2-4-9-15)17(22)19-14-7-5-6-13(18)11-14/h2-11H,1H3,(H,19,22). The van der Waals surface area contributed by atoms with Gasteiger partial charge in [0.05, 0.1) is 11.4 Å². The molecule has 5 heteroatoms. The van der Waals surface area contributed by atoms with E-state index in [4.69, 9.17) is 0 Å². The van der Waals surface area contributed by atoms with Crippen LogP contribution in [0, 0.1) is 12.7 Å². The van der Waals surface area contributed by atoms with Gasteiger partial charge in [0.15, 0.2) is 0 Å². The molecule has 3 rings (SSSR count). The highest BCUT2D eigenvalue weighted by Gasteiger charge is 2.15. The minimum absolute atomic E-state index is 0.338. The summed E-state index contributed by atoms with van der Waals surface area (Å²) >= 11 is 0. The molecule has 0 spiro atoms. The van der Waals surface area contributed by atoms with Gasteiger partial charge in [0.2, 0.25) is 0 Å². The Labute approximate surface area is 127 Å². The van der Waals surface area contributed by atoms with E-state index in [1.165, 1.54) is 12.1 Å². The van der Waals surface area contributed by atoms with Crippen LogP contribution in [0.25, 0.3) is 5.69 Å². The normalized spacial score (nSPS) is 10.5. The summed E-state index contributed by atoms with van der Waals surface area (Å²) in [5, 5.41) is 7.03. The van der Waals surface area contributed by atoms with Gasteiger partial charge in [-0.2, -0.15) is 5.10 Å². The van der Waals surface area contributed by atoms with Gasteiger partial charge >= 0.3 is 0 Å². The predicted molar refractivity (Wildman–Crippen MR) is 82.7 cm³/mol. The number of nitrogens with zero attached hydrogens (tertiary/aromatic N) is 2. The molecule has 1 heterocycles. The number of aryl methyl sites for hydroxylation is 1. The average Bonchev–Trinajstić information content (AvgIpc) is 2.90. The van der Waals surface area contributed by atoms with Crippen LogP contribution in [-0.2, 0) is 0 Å². The molecule has 0 atom stereocenters. The zero-order chi connectivity index (χ0) is 15.5. The molecule has 1 aromatic heterocycles. The second-order valence-electron chi connectivity index (χ2n) is 4.88. The molecule has 0 saturated carbocycles. The van der Waals surface area contributed by atoms with Crippen LogP contribution in [0.4, 0.5) is 10.1 Å². The molecule has 1 N–H and O–H groups in total. The molecule has 0 aliphatic heterocycles. The molecule has 0 radical (unpaired) electrons. The number of halogens is 1. The fourth-order valence-electron chi connectivity index (χ4n) is 2.19. The first-order chi connectivity index (χ1) is 10.6. The molecule has 0 aliphatic carbocycles. The summed E-state index contributed by atoms with van der Waals surface area (Å²) in [5.74, 6) is -0.736. The Bertz CT molecular complexity index is 812. The van der Waals surface area contributed by atoms with E-state index in [1.54, 1.807) is 22.9 Å². The Morgan fingerprint density at radius 2 is 1.86 bits per heavy atom. The number of hydrogen-bond acceptors (Lipinski definition) is 2. The molecular formula is C17H14FN3O. The SMILES string of the molecule is Cc1cc(C(=O)Nc2cccc(F)c2)n(-c2ccccc2)n1. The van der Waals surface area contributed by atoms with Crippen LogP contribution >= 0.6 is 0 Å². The van der Waals surface area contributed by atoms with E-state index in [9.17, 15) is 9.18 Å². The number of benzene rings is 2. The van der Waals surface area contributed by atoms with E-state index in [-0.39, 0.29) is 5.91 Å². The van der Waals surface area contributed by atoms with Crippen molar-refractivity contribution >= 4 is 11.6 Å². The number of hydrogen-bond donors (Lipinski definition) is 1. The van der Waals surface area contributed by atoms with Crippen LogP contribution in [0.15, 0.2) is 60.7 Å². The van der Waals surface area contributed by atoms with Crippen LogP contribution in [0.5, 0.6) is 0 Å². The molecule has 0 saturated heterocycles. The van der Waals surface area contributed by atoms with Gasteiger partial charge in [-0.3, -0.25) is 4.79 Å². The summed E-state index contributed by atoms with van der Waals surface area (Å²) < 4.78 is 14.8. The Morgan fingerprint density at radius 1 is 1.09 bits per heavy atom. The monoisotopic (exact) mass is 295 g/mol. The molecule has 0 unspecified atom stereocenters. The number of rotatable bonds is 3. The Morgan fingerprint density at radius 3 is 2.59 bits per heavy atom. The fraction of sp³-hybridized carbons (Fsp3) is 0.0588. The number of amides is 1. The lowest BCUT2D eigenvalue weighted by atomic mass is 10.2. The minimum Gasteiger partial charge on any atom is -0.321 e. The highest BCUT2D eigenvalue weighted by Crippen LogP contribution is 2.15. The van der Waals surface area contributed by atoms with Crippen LogP contribution in [0.1, 0.15) is 16.2 Å². The molecule has 22 heavy (non-hydrogen) atoms. The van der Waals surface area contributed by atoms with Gasteiger partial charge < -0.3 is 5.32 Å². The quantitative estimate of drug-likeness (QED) is 0.803. The Hall–Kier alpha value is -2.95. The zero-order valence-corrected chi connectivity index (χ0v) is 12.0. The minimum atomic E-state index is -0.398. The molecule has 4 nitrogen and oxygen atoms in total. The third-order valence-corrected chi connectivity index (χ3v) is 3.15. The molecule has 0 fully saturated rings. The molecule has 2 aromatic carbocycles. The maximum atomic E-state index is 13.2. The fourth-order valence-corrected chi connectivity index (χ4v) is 2.19. The van der Waals surface area contributed by atoms with Crippen molar-refractivity contribution in [1.82, 2.24) is 9.78 Å². The number of aromatic nitrogens is 2. The molecule has 110 valence electrons. The van der Waals surface area contributed by atoms with Gasteiger partial charge in [-0.05, 0) is 43.3 Å². The van der Waals surface area contributed by atoms with Crippen molar-refractivity contribution in [2.75, 3.05) is 5.32 Å². The van der Waals surface area contributed by atoms with Gasteiger partial charge in [-0.15, -0.1) is 0 Å². The molecule has 0 bridgehead atoms. The highest BCUT2D eigenvalue weighted by molar-refractivity contribution is 6.03. The number of anilines is 1. The first-order valence-corrected chi connectivity index (χ1v) is 6.82. The van der Waals surface area contributed by atoms with E-state index in [1.807, 2.05) is 37.3 Å². The van der Waals surface area contributed by atoms with Crippen LogP contribution in [0.3, 0.4) is 0 Å².